The van der Waals surface area contributed by atoms with Crippen LogP contribution in [0.2, 0.25) is 0 Å². The molecule has 0 unspecified atom stereocenters. The van der Waals surface area contributed by atoms with Gasteiger partial charge in [0, 0.05) is 12.7 Å². The van der Waals surface area contributed by atoms with Crippen molar-refractivity contribution in [3.63, 3.8) is 0 Å². The van der Waals surface area contributed by atoms with E-state index in [-0.39, 0.29) is 5.12 Å². The van der Waals surface area contributed by atoms with Crippen molar-refractivity contribution in [2.75, 3.05) is 5.75 Å². The molecule has 0 heterocycles. The van der Waals surface area contributed by atoms with E-state index in [0.717, 1.165) is 5.75 Å². The summed E-state index contributed by atoms with van der Waals surface area (Å²) in [5.41, 5.74) is 0. The van der Waals surface area contributed by atoms with Crippen molar-refractivity contribution >= 4 is 16.9 Å². The number of rotatable bonds is 16. The van der Waals surface area contributed by atoms with Crippen LogP contribution in [0.25, 0.3) is 0 Å². The molecule has 0 aliphatic heterocycles. The normalized spacial score (nSPS) is 11.0. The van der Waals surface area contributed by atoms with E-state index in [9.17, 15) is 4.79 Å². The lowest BCUT2D eigenvalue weighted by molar-refractivity contribution is -0.109. The smallest absolute Gasteiger partial charge is 0.185 e. The first kappa shape index (κ1) is 21.0. The first-order valence-electron chi connectivity index (χ1n) is 9.40. The molecule has 0 amide bonds. The second kappa shape index (κ2) is 18.1. The third-order valence-corrected chi connectivity index (χ3v) is 4.95. The molecular weight excluding hydrogens is 276 g/mol. The van der Waals surface area contributed by atoms with Gasteiger partial charge < -0.3 is 0 Å². The standard InChI is InChI=1S/C19H38OS/c1-3-4-5-6-7-8-9-10-11-12-13-14-15-16-17-18-21-19(2)20/h3-18H2,1-2H3. The van der Waals surface area contributed by atoms with Gasteiger partial charge in [-0.05, 0) is 6.42 Å². The summed E-state index contributed by atoms with van der Waals surface area (Å²) >= 11 is 1.48. The van der Waals surface area contributed by atoms with Gasteiger partial charge in [0.2, 0.25) is 0 Å². The molecule has 0 aliphatic carbocycles. The summed E-state index contributed by atoms with van der Waals surface area (Å²) in [5, 5.41) is 0.264. The second-order valence-corrected chi connectivity index (χ2v) is 7.56. The minimum Gasteiger partial charge on any atom is -0.288 e. The molecule has 0 atom stereocenters. The summed E-state index contributed by atoms with van der Waals surface area (Å²) < 4.78 is 0. The molecule has 0 aromatic rings. The van der Waals surface area contributed by atoms with Crippen molar-refractivity contribution in [2.24, 2.45) is 0 Å². The van der Waals surface area contributed by atoms with E-state index in [4.69, 9.17) is 0 Å². The largest absolute Gasteiger partial charge is 0.288 e. The van der Waals surface area contributed by atoms with Gasteiger partial charge in [0.25, 0.3) is 0 Å². The highest BCUT2D eigenvalue weighted by Gasteiger charge is 1.96. The predicted molar refractivity (Wildman–Crippen MR) is 98.1 cm³/mol. The molecule has 0 bridgehead atoms. The summed E-state index contributed by atoms with van der Waals surface area (Å²) in [6.45, 7) is 3.95. The van der Waals surface area contributed by atoms with E-state index in [2.05, 4.69) is 6.92 Å². The van der Waals surface area contributed by atoms with Gasteiger partial charge in [0.15, 0.2) is 5.12 Å². The van der Waals surface area contributed by atoms with E-state index >= 15 is 0 Å². The van der Waals surface area contributed by atoms with Crippen molar-refractivity contribution in [3.05, 3.63) is 0 Å². The monoisotopic (exact) mass is 314 g/mol. The number of carbonyl (C=O) groups is 1. The van der Waals surface area contributed by atoms with E-state index in [1.54, 1.807) is 6.92 Å². The van der Waals surface area contributed by atoms with Crippen LogP contribution < -0.4 is 0 Å². The Kier molecular flexibility index (Phi) is 18.1. The predicted octanol–water partition coefficient (Wildman–Crippen LogP) is 7.14. The fourth-order valence-corrected chi connectivity index (χ4v) is 3.33. The van der Waals surface area contributed by atoms with Crippen molar-refractivity contribution in [3.8, 4) is 0 Å². The Morgan fingerprint density at radius 3 is 1.29 bits per heavy atom. The van der Waals surface area contributed by atoms with E-state index in [1.165, 1.54) is 108 Å². The maximum atomic E-state index is 10.8. The lowest BCUT2D eigenvalue weighted by Gasteiger charge is -2.03. The highest BCUT2D eigenvalue weighted by Crippen LogP contribution is 2.14. The molecule has 0 fully saturated rings. The summed E-state index contributed by atoms with van der Waals surface area (Å²) in [6.07, 6.45) is 21.0. The van der Waals surface area contributed by atoms with Gasteiger partial charge in [0.05, 0.1) is 0 Å². The minimum atomic E-state index is 0.264. The lowest BCUT2D eigenvalue weighted by Crippen LogP contribution is -1.87. The lowest BCUT2D eigenvalue weighted by atomic mass is 10.0. The van der Waals surface area contributed by atoms with Crippen LogP contribution >= 0.6 is 11.8 Å². The summed E-state index contributed by atoms with van der Waals surface area (Å²) in [6, 6.07) is 0. The molecule has 0 spiro atoms. The van der Waals surface area contributed by atoms with Crippen LogP contribution in [-0.4, -0.2) is 10.9 Å². The molecule has 0 saturated carbocycles. The van der Waals surface area contributed by atoms with Crippen molar-refractivity contribution in [2.45, 2.75) is 110 Å². The maximum Gasteiger partial charge on any atom is 0.185 e. The highest BCUT2D eigenvalue weighted by molar-refractivity contribution is 8.13. The average Bonchev–Trinajstić information content (AvgIpc) is 2.46. The summed E-state index contributed by atoms with van der Waals surface area (Å²) in [5.74, 6) is 1.02. The van der Waals surface area contributed by atoms with Crippen molar-refractivity contribution in [1.29, 1.82) is 0 Å². The van der Waals surface area contributed by atoms with Crippen LogP contribution in [0.3, 0.4) is 0 Å². The Bertz CT molecular complexity index is 216. The first-order chi connectivity index (χ1) is 10.3. The molecule has 0 aromatic carbocycles. The Labute approximate surface area is 138 Å². The molecular formula is C19H38OS. The Balaban J connectivity index is 2.95. The molecule has 0 N–H and O–H groups in total. The van der Waals surface area contributed by atoms with Gasteiger partial charge in [-0.3, -0.25) is 4.79 Å². The molecule has 0 saturated heterocycles. The van der Waals surface area contributed by atoms with Gasteiger partial charge in [0.1, 0.15) is 0 Å². The number of hydrogen-bond acceptors (Lipinski definition) is 2. The van der Waals surface area contributed by atoms with Crippen LogP contribution in [0.1, 0.15) is 110 Å². The number of hydrogen-bond donors (Lipinski definition) is 0. The first-order valence-corrected chi connectivity index (χ1v) is 10.4. The van der Waals surface area contributed by atoms with Crippen molar-refractivity contribution in [1.82, 2.24) is 0 Å². The van der Waals surface area contributed by atoms with Gasteiger partial charge in [-0.25, -0.2) is 0 Å². The summed E-state index contributed by atoms with van der Waals surface area (Å²) in [4.78, 5) is 10.8. The summed E-state index contributed by atoms with van der Waals surface area (Å²) in [7, 11) is 0. The SMILES string of the molecule is CCCCCCCCCCCCCCCCCSC(C)=O. The molecule has 0 rings (SSSR count). The van der Waals surface area contributed by atoms with E-state index < -0.39 is 0 Å². The van der Waals surface area contributed by atoms with Crippen LogP contribution in [0.4, 0.5) is 0 Å². The third kappa shape index (κ3) is 20.0. The number of carbonyl (C=O) groups excluding carboxylic acids is 1. The fourth-order valence-electron chi connectivity index (χ4n) is 2.69. The zero-order valence-electron chi connectivity index (χ0n) is 14.6. The second-order valence-electron chi connectivity index (χ2n) is 6.29. The molecule has 1 nitrogen and oxygen atoms in total. The van der Waals surface area contributed by atoms with Crippen LogP contribution in [0, 0.1) is 0 Å². The Hall–Kier alpha value is 0.0200. The number of thioether (sulfide) groups is 1. The molecule has 21 heavy (non-hydrogen) atoms. The Morgan fingerprint density at radius 1 is 0.619 bits per heavy atom. The number of unbranched alkanes of at least 4 members (excludes halogenated alkanes) is 14. The molecule has 0 aromatic heterocycles. The van der Waals surface area contributed by atoms with Gasteiger partial charge in [-0.2, -0.15) is 0 Å². The van der Waals surface area contributed by atoms with E-state index in [1.807, 2.05) is 0 Å². The van der Waals surface area contributed by atoms with Gasteiger partial charge in [-0.15, -0.1) is 0 Å². The molecule has 126 valence electrons. The molecule has 2 heteroatoms. The zero-order valence-corrected chi connectivity index (χ0v) is 15.4. The van der Waals surface area contributed by atoms with Crippen molar-refractivity contribution < 1.29 is 4.79 Å². The van der Waals surface area contributed by atoms with Crippen LogP contribution in [0.5, 0.6) is 0 Å². The topological polar surface area (TPSA) is 17.1 Å². The zero-order chi connectivity index (χ0) is 15.6. The van der Waals surface area contributed by atoms with E-state index in [0.29, 0.717) is 0 Å². The fraction of sp³-hybridized carbons (Fsp3) is 0.947. The quantitative estimate of drug-likeness (QED) is 0.282. The molecule has 0 aliphatic rings. The highest BCUT2D eigenvalue weighted by atomic mass is 32.2. The minimum absolute atomic E-state index is 0.264. The average molecular weight is 315 g/mol. The third-order valence-electron chi connectivity index (χ3n) is 4.05. The Morgan fingerprint density at radius 2 is 0.952 bits per heavy atom. The van der Waals surface area contributed by atoms with Crippen LogP contribution in [0.15, 0.2) is 0 Å². The maximum absolute atomic E-state index is 10.8. The van der Waals surface area contributed by atoms with Gasteiger partial charge >= 0.3 is 0 Å². The van der Waals surface area contributed by atoms with Gasteiger partial charge in [-0.1, -0.05) is 109 Å². The van der Waals surface area contributed by atoms with Crippen LogP contribution in [-0.2, 0) is 4.79 Å². The molecule has 0 radical (unpaired) electrons.